The van der Waals surface area contributed by atoms with Gasteiger partial charge in [-0.3, -0.25) is 4.79 Å². The van der Waals surface area contributed by atoms with E-state index in [1.807, 2.05) is 0 Å². The van der Waals surface area contributed by atoms with Gasteiger partial charge in [-0.2, -0.15) is 4.98 Å². The fourth-order valence-electron chi connectivity index (χ4n) is 2.61. The first-order valence-electron chi connectivity index (χ1n) is 7.83. The molecule has 0 radical (unpaired) electrons. The Balaban J connectivity index is 1.55. The maximum atomic E-state index is 12.1. The molecule has 24 heavy (non-hydrogen) atoms. The van der Waals surface area contributed by atoms with Crippen molar-refractivity contribution in [2.45, 2.75) is 25.4 Å². The zero-order chi connectivity index (χ0) is 16.9. The first kappa shape index (κ1) is 16.9. The zero-order valence-corrected chi connectivity index (χ0v) is 13.8. The number of carbonyl (C=O) groups excluding carboxylic acids is 1. The maximum Gasteiger partial charge on any atom is 0.246 e. The number of aromatic nitrogens is 2. The van der Waals surface area contributed by atoms with Crippen molar-refractivity contribution in [3.8, 4) is 11.4 Å². The summed E-state index contributed by atoms with van der Waals surface area (Å²) in [5.41, 5.74) is 6.81. The van der Waals surface area contributed by atoms with Gasteiger partial charge in [0.1, 0.15) is 0 Å². The Bertz CT molecular complexity index is 683. The molecule has 1 aromatic heterocycles. The fourth-order valence-corrected chi connectivity index (χ4v) is 2.74. The Hall–Kier alpha value is -1.96. The van der Waals surface area contributed by atoms with Gasteiger partial charge >= 0.3 is 0 Å². The van der Waals surface area contributed by atoms with E-state index in [2.05, 4.69) is 15.5 Å². The van der Waals surface area contributed by atoms with Crippen LogP contribution in [0.4, 0.5) is 0 Å². The normalized spacial score (nSPS) is 16.8. The van der Waals surface area contributed by atoms with Crippen LogP contribution in [0.3, 0.4) is 0 Å². The van der Waals surface area contributed by atoms with E-state index in [-0.39, 0.29) is 18.4 Å². The van der Waals surface area contributed by atoms with Crippen LogP contribution < -0.4 is 11.1 Å². The van der Waals surface area contributed by atoms with Crippen molar-refractivity contribution in [2.75, 3.05) is 13.2 Å². The van der Waals surface area contributed by atoms with E-state index in [1.54, 1.807) is 24.3 Å². The highest BCUT2D eigenvalue weighted by molar-refractivity contribution is 6.30. The topological polar surface area (TPSA) is 103 Å². The van der Waals surface area contributed by atoms with Crippen molar-refractivity contribution >= 4 is 17.5 Å². The van der Waals surface area contributed by atoms with Crippen molar-refractivity contribution in [1.29, 1.82) is 0 Å². The van der Waals surface area contributed by atoms with E-state index < -0.39 is 6.04 Å². The van der Waals surface area contributed by atoms with Gasteiger partial charge in [-0.25, -0.2) is 0 Å². The smallest absolute Gasteiger partial charge is 0.246 e. The van der Waals surface area contributed by atoms with Crippen LogP contribution in [0.1, 0.15) is 18.7 Å². The summed E-state index contributed by atoms with van der Waals surface area (Å²) in [5, 5.41) is 7.28. The van der Waals surface area contributed by atoms with Gasteiger partial charge in [0.05, 0.1) is 12.6 Å². The number of nitrogens with one attached hydrogen (secondary N) is 1. The molecule has 7 nitrogen and oxygen atoms in total. The van der Waals surface area contributed by atoms with Crippen LogP contribution in [0.2, 0.25) is 5.02 Å². The second-order valence-electron chi connectivity index (χ2n) is 5.71. The molecule has 1 aliphatic rings. The Morgan fingerprint density at radius 3 is 2.75 bits per heavy atom. The van der Waals surface area contributed by atoms with Gasteiger partial charge in [0, 0.05) is 23.8 Å². The third kappa shape index (κ3) is 4.11. The average molecular weight is 351 g/mol. The molecule has 1 amide bonds. The lowest BCUT2D eigenvalue weighted by atomic mass is 9.92. The highest BCUT2D eigenvalue weighted by Gasteiger charge is 2.26. The van der Waals surface area contributed by atoms with E-state index in [9.17, 15) is 4.79 Å². The van der Waals surface area contributed by atoms with Crippen LogP contribution in [0.5, 0.6) is 0 Å². The standard InChI is InChI=1S/C16H19ClN4O3/c17-12-3-1-11(2-4-12)15-20-13(24-21-15)9-19-16(22)14(18)10-5-7-23-8-6-10/h1-4,10,14H,5-9,18H2,(H,19,22). The van der Waals surface area contributed by atoms with Gasteiger partial charge in [0.25, 0.3) is 0 Å². The summed E-state index contributed by atoms with van der Waals surface area (Å²) in [5.74, 6) is 0.705. The molecule has 1 unspecified atom stereocenters. The summed E-state index contributed by atoms with van der Waals surface area (Å²) < 4.78 is 10.4. The summed E-state index contributed by atoms with van der Waals surface area (Å²) in [6, 6.07) is 6.56. The van der Waals surface area contributed by atoms with Crippen LogP contribution in [-0.2, 0) is 16.1 Å². The number of hydrogen-bond acceptors (Lipinski definition) is 6. The first-order chi connectivity index (χ1) is 11.6. The zero-order valence-electron chi connectivity index (χ0n) is 13.1. The first-order valence-corrected chi connectivity index (χ1v) is 8.21. The monoisotopic (exact) mass is 350 g/mol. The number of rotatable bonds is 5. The fraction of sp³-hybridized carbons (Fsp3) is 0.438. The van der Waals surface area contributed by atoms with E-state index in [0.717, 1.165) is 18.4 Å². The van der Waals surface area contributed by atoms with Crippen LogP contribution in [0.15, 0.2) is 28.8 Å². The highest BCUT2D eigenvalue weighted by atomic mass is 35.5. The van der Waals surface area contributed by atoms with Crippen LogP contribution in [-0.4, -0.2) is 35.3 Å². The summed E-state index contributed by atoms with van der Waals surface area (Å²) in [4.78, 5) is 16.4. The lowest BCUT2D eigenvalue weighted by molar-refractivity contribution is -0.124. The quantitative estimate of drug-likeness (QED) is 0.851. The number of ether oxygens (including phenoxy) is 1. The summed E-state index contributed by atoms with van der Waals surface area (Å²) in [7, 11) is 0. The van der Waals surface area contributed by atoms with Crippen molar-refractivity contribution < 1.29 is 14.1 Å². The number of nitrogens with two attached hydrogens (primary N) is 1. The van der Waals surface area contributed by atoms with Crippen LogP contribution in [0.25, 0.3) is 11.4 Å². The third-order valence-electron chi connectivity index (χ3n) is 4.06. The Morgan fingerprint density at radius 1 is 1.33 bits per heavy atom. The molecule has 2 aromatic rings. The number of amides is 1. The minimum atomic E-state index is -0.549. The number of benzene rings is 1. The molecular weight excluding hydrogens is 332 g/mol. The van der Waals surface area contributed by atoms with Gasteiger partial charge in [0.2, 0.25) is 17.6 Å². The van der Waals surface area contributed by atoms with Gasteiger partial charge < -0.3 is 20.3 Å². The van der Waals surface area contributed by atoms with Crippen molar-refractivity contribution in [1.82, 2.24) is 15.5 Å². The molecule has 0 aliphatic carbocycles. The summed E-state index contributed by atoms with van der Waals surface area (Å²) in [6.07, 6.45) is 1.60. The molecule has 1 aliphatic heterocycles. The van der Waals surface area contributed by atoms with Crippen molar-refractivity contribution in [2.24, 2.45) is 11.7 Å². The molecule has 1 fully saturated rings. The largest absolute Gasteiger partial charge is 0.381 e. The molecule has 0 bridgehead atoms. The molecule has 128 valence electrons. The third-order valence-corrected chi connectivity index (χ3v) is 4.31. The van der Waals surface area contributed by atoms with Crippen LogP contribution in [0, 0.1) is 5.92 Å². The second-order valence-corrected chi connectivity index (χ2v) is 6.15. The molecule has 0 saturated carbocycles. The molecule has 1 atom stereocenters. The number of halogens is 1. The van der Waals surface area contributed by atoms with E-state index in [4.69, 9.17) is 26.6 Å². The molecular formula is C16H19ClN4O3. The summed E-state index contributed by atoms with van der Waals surface area (Å²) in [6.45, 7) is 1.45. The van der Waals surface area contributed by atoms with E-state index in [1.165, 1.54) is 0 Å². The molecule has 3 rings (SSSR count). The predicted molar refractivity (Wildman–Crippen MR) is 88.1 cm³/mol. The van der Waals surface area contributed by atoms with Crippen molar-refractivity contribution in [3.05, 3.63) is 35.2 Å². The summed E-state index contributed by atoms with van der Waals surface area (Å²) >= 11 is 5.85. The molecule has 8 heteroatoms. The Labute approximate surface area is 144 Å². The minimum absolute atomic E-state index is 0.145. The molecule has 1 saturated heterocycles. The molecule has 2 heterocycles. The van der Waals surface area contributed by atoms with Gasteiger partial charge in [-0.05, 0) is 43.0 Å². The minimum Gasteiger partial charge on any atom is -0.381 e. The molecule has 0 spiro atoms. The Morgan fingerprint density at radius 2 is 2.04 bits per heavy atom. The number of nitrogens with zero attached hydrogens (tertiary/aromatic N) is 2. The number of hydrogen-bond donors (Lipinski definition) is 2. The molecule has 3 N–H and O–H groups in total. The molecule has 1 aromatic carbocycles. The van der Waals surface area contributed by atoms with Gasteiger partial charge in [0.15, 0.2) is 0 Å². The van der Waals surface area contributed by atoms with Crippen molar-refractivity contribution in [3.63, 3.8) is 0 Å². The van der Waals surface area contributed by atoms with Gasteiger partial charge in [-0.15, -0.1) is 0 Å². The lowest BCUT2D eigenvalue weighted by Gasteiger charge is -2.26. The lowest BCUT2D eigenvalue weighted by Crippen LogP contribution is -2.46. The second kappa shape index (κ2) is 7.74. The number of carbonyl (C=O) groups is 1. The van der Waals surface area contributed by atoms with Crippen LogP contribution >= 0.6 is 11.6 Å². The highest BCUT2D eigenvalue weighted by Crippen LogP contribution is 2.19. The Kier molecular flexibility index (Phi) is 5.44. The van der Waals surface area contributed by atoms with E-state index >= 15 is 0 Å². The SMILES string of the molecule is NC(C(=O)NCc1nc(-c2ccc(Cl)cc2)no1)C1CCOCC1. The van der Waals surface area contributed by atoms with Gasteiger partial charge in [-0.1, -0.05) is 16.8 Å². The van der Waals surface area contributed by atoms with E-state index in [0.29, 0.717) is 30.0 Å². The predicted octanol–water partition coefficient (Wildman–Crippen LogP) is 1.76. The maximum absolute atomic E-state index is 12.1. The average Bonchev–Trinajstić information content (AvgIpc) is 3.09.